The van der Waals surface area contributed by atoms with Crippen LogP contribution in [0.2, 0.25) is 51.4 Å². The second-order valence-electron chi connectivity index (χ2n) is 14.7. The SMILES string of the molecule is COc1ccc2c(c1)c(-c1cnc3c(n1)c(C=O)cn3COCC[Si](C)(C)C)nn2C.C[Si](C)(C)CCOCn1cc(C=O)c2nc(Br)cnc21. The fourth-order valence-corrected chi connectivity index (χ4v) is 7.05. The smallest absolute Gasteiger partial charge is 0.161 e. The number of hydrogen-bond acceptors (Lipinski definition) is 10. The molecule has 0 unspecified atom stereocenters. The van der Waals surface area contributed by atoms with E-state index in [1.54, 1.807) is 36.6 Å². The molecule has 0 spiro atoms. The molecule has 0 aliphatic carbocycles. The van der Waals surface area contributed by atoms with Crippen molar-refractivity contribution < 1.29 is 23.8 Å². The third-order valence-electron chi connectivity index (χ3n) is 8.17. The number of methoxy groups -OCH3 is 1. The molecule has 0 saturated heterocycles. The number of aromatic nitrogens is 8. The van der Waals surface area contributed by atoms with Gasteiger partial charge in [0.1, 0.15) is 46.2 Å². The maximum atomic E-state index is 11.7. The second-order valence-corrected chi connectivity index (χ2v) is 26.7. The van der Waals surface area contributed by atoms with Crippen LogP contribution >= 0.6 is 15.9 Å². The Labute approximate surface area is 307 Å². The summed E-state index contributed by atoms with van der Waals surface area (Å²) in [5.74, 6) is 0.742. The lowest BCUT2D eigenvalue weighted by molar-refractivity contribution is 0.0895. The molecule has 0 saturated carbocycles. The van der Waals surface area contributed by atoms with Gasteiger partial charge in [-0.3, -0.25) is 14.3 Å². The lowest BCUT2D eigenvalue weighted by Crippen LogP contribution is -2.22. The Bertz CT molecular complexity index is 2170. The number of hydrogen-bond donors (Lipinski definition) is 0. The maximum absolute atomic E-state index is 11.7. The first kappa shape index (κ1) is 38.1. The third kappa shape index (κ3) is 9.42. The molecule has 51 heavy (non-hydrogen) atoms. The van der Waals surface area contributed by atoms with E-state index < -0.39 is 16.1 Å². The minimum Gasteiger partial charge on any atom is -0.497 e. The zero-order chi connectivity index (χ0) is 36.9. The van der Waals surface area contributed by atoms with Crippen molar-refractivity contribution in [2.75, 3.05) is 20.3 Å². The number of carbonyl (C=O) groups excluding carboxylic acids is 2. The van der Waals surface area contributed by atoms with Gasteiger partial charge in [0.05, 0.1) is 36.1 Å². The van der Waals surface area contributed by atoms with E-state index in [4.69, 9.17) is 19.2 Å². The van der Waals surface area contributed by atoms with Gasteiger partial charge >= 0.3 is 0 Å². The van der Waals surface area contributed by atoms with Crippen LogP contribution in [0.5, 0.6) is 5.75 Å². The largest absolute Gasteiger partial charge is 0.497 e. The minimum atomic E-state index is -1.16. The quantitative estimate of drug-likeness (QED) is 0.0621. The number of nitrogens with zero attached hydrogens (tertiary/aromatic N) is 8. The molecule has 0 bridgehead atoms. The van der Waals surface area contributed by atoms with E-state index in [0.29, 0.717) is 69.5 Å². The zero-order valence-electron chi connectivity index (χ0n) is 30.4. The van der Waals surface area contributed by atoms with Crippen molar-refractivity contribution in [2.24, 2.45) is 7.05 Å². The maximum Gasteiger partial charge on any atom is 0.161 e. The van der Waals surface area contributed by atoms with E-state index in [-0.39, 0.29) is 0 Å². The van der Waals surface area contributed by atoms with Crippen molar-refractivity contribution in [1.29, 1.82) is 0 Å². The Morgan fingerprint density at radius 2 is 1.35 bits per heavy atom. The van der Waals surface area contributed by atoms with Gasteiger partial charge in [0.15, 0.2) is 23.9 Å². The molecule has 5 heterocycles. The average molecular weight is 794 g/mol. The molecule has 0 amide bonds. The molecule has 13 nitrogen and oxygen atoms in total. The minimum absolute atomic E-state index is 0.340. The monoisotopic (exact) mass is 792 g/mol. The summed E-state index contributed by atoms with van der Waals surface area (Å²) in [7, 11) is 1.27. The third-order valence-corrected chi connectivity index (χ3v) is 12.0. The predicted octanol–water partition coefficient (Wildman–Crippen LogP) is 7.44. The van der Waals surface area contributed by atoms with E-state index in [9.17, 15) is 9.59 Å². The number of benzene rings is 1. The molecule has 6 aromatic rings. The molecule has 0 aliphatic rings. The number of aldehydes is 2. The van der Waals surface area contributed by atoms with Gasteiger partial charge in [-0.2, -0.15) is 5.10 Å². The van der Waals surface area contributed by atoms with Crippen molar-refractivity contribution in [3.63, 3.8) is 0 Å². The Morgan fingerprint density at radius 1 is 0.804 bits per heavy atom. The summed E-state index contributed by atoms with van der Waals surface area (Å²) in [4.78, 5) is 40.7. The molecular formula is C35H45BrN8O5Si2. The van der Waals surface area contributed by atoms with E-state index >= 15 is 0 Å². The standard InChI is InChI=1S/C22H27N5O3Si.C13H18BrN3O2Si/c1-26-19-7-6-16(29-2)10-17(19)21(25-26)18-11-23-22-20(24-18)15(13-28)12-27(22)14-30-8-9-31(3,4)5;1-20(2,3)5-4-19-9-17-7-10(8-18)12-13(17)15-6-11(14)16-12/h6-7,10-13H,8-9,14H2,1-5H3;6-8H,4-5,9H2,1-3H3. The Hall–Kier alpha value is -4.10. The molecule has 0 N–H and O–H groups in total. The van der Waals surface area contributed by atoms with Crippen LogP contribution in [0, 0.1) is 0 Å². The van der Waals surface area contributed by atoms with Gasteiger partial charge in [0.2, 0.25) is 0 Å². The van der Waals surface area contributed by atoms with Crippen molar-refractivity contribution in [1.82, 2.24) is 38.9 Å². The van der Waals surface area contributed by atoms with E-state index in [1.165, 1.54) is 0 Å². The second kappa shape index (κ2) is 16.1. The van der Waals surface area contributed by atoms with Gasteiger partial charge in [-0.15, -0.1) is 0 Å². The number of carbonyl (C=O) groups is 2. The number of rotatable bonds is 14. The average Bonchev–Trinajstić information content (AvgIpc) is 3.74. The Morgan fingerprint density at radius 3 is 1.88 bits per heavy atom. The van der Waals surface area contributed by atoms with E-state index in [0.717, 1.165) is 47.9 Å². The number of fused-ring (bicyclic) bond motifs is 3. The number of ether oxygens (including phenoxy) is 3. The molecule has 0 atom stereocenters. The van der Waals surface area contributed by atoms with Crippen LogP contribution in [0.25, 0.3) is 44.6 Å². The van der Waals surface area contributed by atoms with Crippen molar-refractivity contribution >= 4 is 77.9 Å². The molecule has 16 heteroatoms. The van der Waals surface area contributed by atoms with Crippen LogP contribution in [0.1, 0.15) is 20.7 Å². The van der Waals surface area contributed by atoms with Crippen LogP contribution in [0.3, 0.4) is 0 Å². The summed E-state index contributed by atoms with van der Waals surface area (Å²) < 4.78 is 23.0. The summed E-state index contributed by atoms with van der Waals surface area (Å²) in [6.45, 7) is 16.0. The molecule has 0 radical (unpaired) electrons. The van der Waals surface area contributed by atoms with Crippen LogP contribution in [-0.2, 0) is 30.0 Å². The van der Waals surface area contributed by atoms with Crippen LogP contribution < -0.4 is 4.74 Å². The fourth-order valence-electron chi connectivity index (χ4n) is 5.26. The van der Waals surface area contributed by atoms with Crippen LogP contribution in [0.4, 0.5) is 0 Å². The summed E-state index contributed by atoms with van der Waals surface area (Å²) in [6, 6.07) is 7.99. The predicted molar refractivity (Wildman–Crippen MR) is 208 cm³/mol. The first-order valence-corrected chi connectivity index (χ1v) is 24.9. The van der Waals surface area contributed by atoms with Crippen molar-refractivity contribution in [2.45, 2.75) is 64.8 Å². The lowest BCUT2D eigenvalue weighted by Gasteiger charge is -2.15. The molecule has 0 aliphatic heterocycles. The fraction of sp³-hybridized carbons (Fsp3) is 0.400. The van der Waals surface area contributed by atoms with Gasteiger partial charge < -0.3 is 23.3 Å². The first-order valence-electron chi connectivity index (χ1n) is 16.7. The normalized spacial score (nSPS) is 12.0. The van der Waals surface area contributed by atoms with Crippen molar-refractivity contribution in [3.05, 3.63) is 58.7 Å². The van der Waals surface area contributed by atoms with Gasteiger partial charge in [-0.05, 0) is 46.2 Å². The summed E-state index contributed by atoms with van der Waals surface area (Å²) >= 11 is 3.27. The van der Waals surface area contributed by atoms with E-state index in [1.807, 2.05) is 34.4 Å². The van der Waals surface area contributed by atoms with Crippen LogP contribution in [0.15, 0.2) is 47.6 Å². The first-order chi connectivity index (χ1) is 24.2. The Kier molecular flexibility index (Phi) is 12.0. The number of halogens is 1. The topological polar surface area (TPSA) is 141 Å². The van der Waals surface area contributed by atoms with E-state index in [2.05, 4.69) is 75.3 Å². The molecule has 1 aromatic carbocycles. The van der Waals surface area contributed by atoms with Gasteiger partial charge in [0.25, 0.3) is 0 Å². The molecule has 270 valence electrons. The van der Waals surface area contributed by atoms with Gasteiger partial charge in [-0.1, -0.05) is 39.3 Å². The van der Waals surface area contributed by atoms with Crippen LogP contribution in [-0.4, -0.2) is 87.9 Å². The molecule has 0 fully saturated rings. The highest BCUT2D eigenvalue weighted by molar-refractivity contribution is 9.10. The highest BCUT2D eigenvalue weighted by Gasteiger charge is 2.19. The van der Waals surface area contributed by atoms with Crippen molar-refractivity contribution in [3.8, 4) is 17.1 Å². The van der Waals surface area contributed by atoms with Gasteiger partial charge in [-0.25, -0.2) is 19.9 Å². The summed E-state index contributed by atoms with van der Waals surface area (Å²) in [6.07, 6.45) is 8.39. The summed E-state index contributed by atoms with van der Waals surface area (Å²) in [5.41, 5.74) is 5.71. The lowest BCUT2D eigenvalue weighted by atomic mass is 10.1. The number of aryl methyl sites for hydroxylation is 1. The molecular weight excluding hydrogens is 749 g/mol. The summed E-state index contributed by atoms with van der Waals surface area (Å²) in [5, 5.41) is 5.54. The Balaban J connectivity index is 0.000000218. The molecule has 6 rings (SSSR count). The highest BCUT2D eigenvalue weighted by atomic mass is 79.9. The zero-order valence-corrected chi connectivity index (χ0v) is 34.0. The molecule has 5 aromatic heterocycles. The van der Waals surface area contributed by atoms with Gasteiger partial charge in [0, 0.05) is 54.2 Å². The highest BCUT2D eigenvalue weighted by Crippen LogP contribution is 2.30.